The fourth-order valence-corrected chi connectivity index (χ4v) is 2.69. The number of rotatable bonds is 5. The lowest BCUT2D eigenvalue weighted by Crippen LogP contribution is -2.23. The van der Waals surface area contributed by atoms with Crippen LogP contribution in [0.25, 0.3) is 0 Å². The molecule has 1 aromatic carbocycles. The first-order valence-electron chi connectivity index (χ1n) is 5.83. The molecule has 0 unspecified atom stereocenters. The van der Waals surface area contributed by atoms with Gasteiger partial charge in [0, 0.05) is 17.8 Å². The third kappa shape index (κ3) is 2.98. The summed E-state index contributed by atoms with van der Waals surface area (Å²) in [4.78, 5) is 0.311. The Morgan fingerprint density at radius 1 is 1.24 bits per heavy atom. The van der Waals surface area contributed by atoms with Crippen LogP contribution < -0.4 is 10.0 Å². The van der Waals surface area contributed by atoms with E-state index in [1.807, 2.05) is 12.1 Å². The van der Waals surface area contributed by atoms with Gasteiger partial charge in [-0.1, -0.05) is 6.92 Å². The first-order chi connectivity index (χ1) is 7.95. The second-order valence-corrected chi connectivity index (χ2v) is 6.48. The second kappa shape index (κ2) is 4.31. The Kier molecular flexibility index (Phi) is 3.14. The highest BCUT2D eigenvalue weighted by Crippen LogP contribution is 2.38. The summed E-state index contributed by atoms with van der Waals surface area (Å²) < 4.78 is 25.9. The maximum atomic E-state index is 11.7. The average Bonchev–Trinajstić information content (AvgIpc) is 2.97. The molecule has 17 heavy (non-hydrogen) atoms. The van der Waals surface area contributed by atoms with Gasteiger partial charge in [0.25, 0.3) is 0 Å². The molecular weight excluding hydrogens is 236 g/mol. The van der Waals surface area contributed by atoms with E-state index in [4.69, 9.17) is 0 Å². The zero-order valence-corrected chi connectivity index (χ0v) is 11.0. The van der Waals surface area contributed by atoms with E-state index in [1.165, 1.54) is 12.8 Å². The van der Waals surface area contributed by atoms with Crippen LogP contribution in [-0.2, 0) is 10.0 Å². The van der Waals surface area contributed by atoms with Crippen LogP contribution >= 0.6 is 0 Å². The van der Waals surface area contributed by atoms with Gasteiger partial charge in [0.05, 0.1) is 4.90 Å². The first kappa shape index (κ1) is 12.4. The van der Waals surface area contributed by atoms with Crippen molar-refractivity contribution < 1.29 is 8.42 Å². The fraction of sp³-hybridized carbons (Fsp3) is 0.500. The summed E-state index contributed by atoms with van der Waals surface area (Å²) in [5, 5.41) is 3.39. The van der Waals surface area contributed by atoms with Crippen molar-refractivity contribution in [2.75, 3.05) is 11.9 Å². The molecule has 2 rings (SSSR count). The molecule has 0 heterocycles. The second-order valence-electron chi connectivity index (χ2n) is 4.71. The number of sulfonamides is 1. The van der Waals surface area contributed by atoms with E-state index >= 15 is 0 Å². The van der Waals surface area contributed by atoms with E-state index in [9.17, 15) is 8.42 Å². The predicted molar refractivity (Wildman–Crippen MR) is 68.6 cm³/mol. The number of benzene rings is 1. The molecule has 1 saturated carbocycles. The van der Waals surface area contributed by atoms with Gasteiger partial charge in [0.15, 0.2) is 0 Å². The van der Waals surface area contributed by atoms with Gasteiger partial charge in [-0.2, -0.15) is 0 Å². The molecule has 2 N–H and O–H groups in total. The maximum absolute atomic E-state index is 11.7. The van der Waals surface area contributed by atoms with Gasteiger partial charge in [-0.15, -0.1) is 0 Å². The Morgan fingerprint density at radius 3 is 2.29 bits per heavy atom. The molecule has 94 valence electrons. The van der Waals surface area contributed by atoms with E-state index in [-0.39, 0.29) is 5.54 Å². The van der Waals surface area contributed by atoms with Crippen LogP contribution in [0.15, 0.2) is 29.2 Å². The average molecular weight is 254 g/mol. The van der Waals surface area contributed by atoms with Crippen molar-refractivity contribution in [3.05, 3.63) is 24.3 Å². The van der Waals surface area contributed by atoms with E-state index < -0.39 is 10.0 Å². The molecule has 1 aliphatic carbocycles. The lowest BCUT2D eigenvalue weighted by Gasteiger charge is -2.13. The lowest BCUT2D eigenvalue weighted by molar-refractivity contribution is 0.584. The molecule has 0 atom stereocenters. The largest absolute Gasteiger partial charge is 0.380 e. The number of hydrogen-bond acceptors (Lipinski definition) is 3. The Morgan fingerprint density at radius 2 is 1.82 bits per heavy atom. The minimum Gasteiger partial charge on any atom is -0.380 e. The topological polar surface area (TPSA) is 58.2 Å². The van der Waals surface area contributed by atoms with Gasteiger partial charge in [0.1, 0.15) is 0 Å². The van der Waals surface area contributed by atoms with E-state index in [0.717, 1.165) is 5.69 Å². The van der Waals surface area contributed by atoms with E-state index in [2.05, 4.69) is 17.0 Å². The zero-order chi connectivity index (χ0) is 12.5. The Balaban J connectivity index is 2.12. The quantitative estimate of drug-likeness (QED) is 0.844. The summed E-state index contributed by atoms with van der Waals surface area (Å²) >= 11 is 0. The SMILES string of the molecule is CCNS(=O)(=O)c1ccc(NC2(C)CC2)cc1. The van der Waals surface area contributed by atoms with Gasteiger partial charge >= 0.3 is 0 Å². The Bertz CT molecular complexity index is 490. The molecule has 0 aromatic heterocycles. The normalized spacial score (nSPS) is 17.8. The lowest BCUT2D eigenvalue weighted by atomic mass is 10.2. The van der Waals surface area contributed by atoms with Crippen molar-refractivity contribution in [2.45, 2.75) is 37.1 Å². The molecule has 1 aromatic rings. The standard InChI is InChI=1S/C12H18N2O2S/c1-3-13-17(15,16)11-6-4-10(5-7-11)14-12(2)8-9-12/h4-7,13-14H,3,8-9H2,1-2H3. The first-order valence-corrected chi connectivity index (χ1v) is 7.31. The summed E-state index contributed by atoms with van der Waals surface area (Å²) in [5.41, 5.74) is 1.18. The number of hydrogen-bond donors (Lipinski definition) is 2. The van der Waals surface area contributed by atoms with Crippen molar-refractivity contribution >= 4 is 15.7 Å². The molecule has 0 radical (unpaired) electrons. The predicted octanol–water partition coefficient (Wildman–Crippen LogP) is 1.95. The van der Waals surface area contributed by atoms with Crippen LogP contribution in [-0.4, -0.2) is 20.5 Å². The van der Waals surface area contributed by atoms with Gasteiger partial charge in [-0.25, -0.2) is 13.1 Å². The third-order valence-electron chi connectivity index (χ3n) is 2.95. The van der Waals surface area contributed by atoms with Crippen molar-refractivity contribution in [1.82, 2.24) is 4.72 Å². The highest BCUT2D eigenvalue weighted by atomic mass is 32.2. The Hall–Kier alpha value is -1.07. The van der Waals surface area contributed by atoms with E-state index in [1.54, 1.807) is 19.1 Å². The zero-order valence-electron chi connectivity index (χ0n) is 10.2. The highest BCUT2D eigenvalue weighted by molar-refractivity contribution is 7.89. The van der Waals surface area contributed by atoms with Crippen LogP contribution in [0.3, 0.4) is 0 Å². The third-order valence-corrected chi connectivity index (χ3v) is 4.51. The minimum absolute atomic E-state index is 0.210. The number of nitrogens with one attached hydrogen (secondary N) is 2. The van der Waals surface area contributed by atoms with Gasteiger partial charge in [0.2, 0.25) is 10.0 Å². The molecule has 1 fully saturated rings. The van der Waals surface area contributed by atoms with Crippen molar-refractivity contribution in [1.29, 1.82) is 0 Å². The van der Waals surface area contributed by atoms with Crippen molar-refractivity contribution in [3.63, 3.8) is 0 Å². The fourth-order valence-electron chi connectivity index (χ4n) is 1.65. The molecule has 0 amide bonds. The summed E-state index contributed by atoms with van der Waals surface area (Å²) in [5.74, 6) is 0. The molecule has 1 aliphatic rings. The minimum atomic E-state index is -3.33. The van der Waals surface area contributed by atoms with Gasteiger partial charge < -0.3 is 5.32 Å². The van der Waals surface area contributed by atoms with Crippen molar-refractivity contribution in [2.24, 2.45) is 0 Å². The summed E-state index contributed by atoms with van der Waals surface area (Å²) in [6, 6.07) is 6.89. The van der Waals surface area contributed by atoms with Crippen LogP contribution in [0.1, 0.15) is 26.7 Å². The monoisotopic (exact) mass is 254 g/mol. The molecule has 5 heteroatoms. The van der Waals surface area contributed by atoms with Gasteiger partial charge in [-0.05, 0) is 44.0 Å². The molecule has 0 spiro atoms. The molecule has 4 nitrogen and oxygen atoms in total. The Labute approximate surface area is 102 Å². The van der Waals surface area contributed by atoms with Crippen LogP contribution in [0, 0.1) is 0 Å². The van der Waals surface area contributed by atoms with Crippen molar-refractivity contribution in [3.8, 4) is 0 Å². The molecular formula is C12H18N2O2S. The van der Waals surface area contributed by atoms with Crippen LogP contribution in [0.2, 0.25) is 0 Å². The molecule has 0 bridgehead atoms. The van der Waals surface area contributed by atoms with Crippen LogP contribution in [0.4, 0.5) is 5.69 Å². The summed E-state index contributed by atoms with van der Waals surface area (Å²) in [6.45, 7) is 4.33. The van der Waals surface area contributed by atoms with E-state index in [0.29, 0.717) is 11.4 Å². The number of anilines is 1. The summed E-state index contributed by atoms with van der Waals surface area (Å²) in [7, 11) is -3.33. The van der Waals surface area contributed by atoms with Gasteiger partial charge in [-0.3, -0.25) is 0 Å². The molecule has 0 saturated heterocycles. The van der Waals surface area contributed by atoms with Crippen LogP contribution in [0.5, 0.6) is 0 Å². The molecule has 0 aliphatic heterocycles. The smallest absolute Gasteiger partial charge is 0.240 e. The summed E-state index contributed by atoms with van der Waals surface area (Å²) in [6.07, 6.45) is 2.34. The maximum Gasteiger partial charge on any atom is 0.240 e. The highest BCUT2D eigenvalue weighted by Gasteiger charge is 2.36.